The van der Waals surface area contributed by atoms with E-state index in [2.05, 4.69) is 17.6 Å². The summed E-state index contributed by atoms with van der Waals surface area (Å²) in [5, 5.41) is 6.70. The zero-order chi connectivity index (χ0) is 21.2. The van der Waals surface area contributed by atoms with Gasteiger partial charge in [-0.2, -0.15) is 0 Å². The number of aryl methyl sites for hydroxylation is 3. The maximum absolute atomic E-state index is 12.2. The summed E-state index contributed by atoms with van der Waals surface area (Å²) >= 11 is 1.82. The predicted octanol–water partition coefficient (Wildman–Crippen LogP) is 3.68. The normalized spacial score (nSPS) is 12.8. The summed E-state index contributed by atoms with van der Waals surface area (Å²) in [6.45, 7) is 3.34. The molecule has 0 unspecified atom stereocenters. The van der Waals surface area contributed by atoms with Crippen LogP contribution in [0.3, 0.4) is 0 Å². The third kappa shape index (κ3) is 6.83. The van der Waals surface area contributed by atoms with Gasteiger partial charge < -0.3 is 15.4 Å². The maximum Gasteiger partial charge on any atom is 0.251 e. The number of hydrogen-bond donors (Lipinski definition) is 2. The van der Waals surface area contributed by atoms with Gasteiger partial charge in [0.25, 0.3) is 5.91 Å². The molecule has 0 bridgehead atoms. The highest BCUT2D eigenvalue weighted by Crippen LogP contribution is 2.27. The van der Waals surface area contributed by atoms with Crippen LogP contribution in [-0.2, 0) is 24.1 Å². The van der Waals surface area contributed by atoms with Gasteiger partial charge in [0.15, 0.2) is 0 Å². The van der Waals surface area contributed by atoms with Gasteiger partial charge in [0.1, 0.15) is 5.75 Å². The van der Waals surface area contributed by atoms with Gasteiger partial charge in [-0.05, 0) is 62.8 Å². The maximum atomic E-state index is 12.2. The molecular formula is C23H31N3O3S. The second kappa shape index (κ2) is 11.7. The van der Waals surface area contributed by atoms with Crippen molar-refractivity contribution < 1.29 is 14.3 Å². The molecule has 0 saturated heterocycles. The fraction of sp³-hybridized carbons (Fsp3) is 0.522. The second-order valence-corrected chi connectivity index (χ2v) is 8.72. The molecule has 0 radical (unpaired) electrons. The van der Waals surface area contributed by atoms with E-state index in [1.165, 1.54) is 28.4 Å². The van der Waals surface area contributed by atoms with Crippen molar-refractivity contribution in [2.45, 2.75) is 58.3 Å². The van der Waals surface area contributed by atoms with Crippen molar-refractivity contribution in [3.05, 3.63) is 45.4 Å². The summed E-state index contributed by atoms with van der Waals surface area (Å²) in [5.74, 6) is 0.304. The Hall–Kier alpha value is -2.41. The minimum Gasteiger partial charge on any atom is -0.494 e. The van der Waals surface area contributed by atoms with Gasteiger partial charge in [0.05, 0.1) is 23.9 Å². The number of ether oxygens (including phenoxy) is 1. The highest BCUT2D eigenvalue weighted by Gasteiger charge is 2.15. The molecule has 2 aromatic rings. The summed E-state index contributed by atoms with van der Waals surface area (Å²) in [4.78, 5) is 30.4. The van der Waals surface area contributed by atoms with Gasteiger partial charge in [-0.25, -0.2) is 4.98 Å². The van der Waals surface area contributed by atoms with Crippen LogP contribution < -0.4 is 15.4 Å². The van der Waals surface area contributed by atoms with E-state index in [4.69, 9.17) is 9.72 Å². The molecule has 2 amide bonds. The minimum atomic E-state index is -0.265. The number of aromatic nitrogens is 1. The number of amides is 2. The number of thiazole rings is 1. The smallest absolute Gasteiger partial charge is 0.251 e. The molecule has 0 spiro atoms. The van der Waals surface area contributed by atoms with E-state index in [-0.39, 0.29) is 18.4 Å². The van der Waals surface area contributed by atoms with Gasteiger partial charge in [-0.15, -0.1) is 11.3 Å². The van der Waals surface area contributed by atoms with Crippen molar-refractivity contribution in [1.29, 1.82) is 0 Å². The largest absolute Gasteiger partial charge is 0.494 e. The van der Waals surface area contributed by atoms with Crippen LogP contribution in [0.4, 0.5) is 0 Å². The zero-order valence-electron chi connectivity index (χ0n) is 17.7. The number of nitrogens with zero attached hydrogens (tertiary/aromatic N) is 1. The standard InChI is InChI=1S/C23H31N3O3S/c1-2-3-15-29-18-12-10-17(11-13-18)23(28)25-16-21(27)24-14-6-9-22-26-19-7-4-5-8-20(19)30-22/h10-13H,2-9,14-16H2,1H3,(H,24,27)(H,25,28). The number of rotatable bonds is 11. The van der Waals surface area contributed by atoms with Crippen LogP contribution in [0.15, 0.2) is 24.3 Å². The Kier molecular flexibility index (Phi) is 8.68. The van der Waals surface area contributed by atoms with Crippen LogP contribution in [0.2, 0.25) is 0 Å². The van der Waals surface area contributed by atoms with E-state index in [0.717, 1.165) is 44.3 Å². The van der Waals surface area contributed by atoms with E-state index < -0.39 is 0 Å². The number of benzene rings is 1. The topological polar surface area (TPSA) is 80.3 Å². The van der Waals surface area contributed by atoms with Gasteiger partial charge >= 0.3 is 0 Å². The number of hydrogen-bond acceptors (Lipinski definition) is 5. The minimum absolute atomic E-state index is 0.0286. The van der Waals surface area contributed by atoms with E-state index in [1.807, 2.05) is 11.3 Å². The molecule has 2 N–H and O–H groups in total. The summed E-state index contributed by atoms with van der Waals surface area (Å²) in [6.07, 6.45) is 8.61. The Morgan fingerprint density at radius 2 is 1.90 bits per heavy atom. The van der Waals surface area contributed by atoms with Crippen molar-refractivity contribution >= 4 is 23.2 Å². The molecule has 6 nitrogen and oxygen atoms in total. The first kappa shape index (κ1) is 22.3. The average Bonchev–Trinajstić information content (AvgIpc) is 3.18. The lowest BCUT2D eigenvalue weighted by Crippen LogP contribution is -2.37. The molecule has 1 aliphatic rings. The van der Waals surface area contributed by atoms with Gasteiger partial charge in [-0.1, -0.05) is 13.3 Å². The van der Waals surface area contributed by atoms with Crippen LogP contribution in [-0.4, -0.2) is 36.5 Å². The van der Waals surface area contributed by atoms with Crippen molar-refractivity contribution in [2.75, 3.05) is 19.7 Å². The Balaban J connectivity index is 1.31. The molecule has 1 aliphatic carbocycles. The van der Waals surface area contributed by atoms with Crippen molar-refractivity contribution in [3.63, 3.8) is 0 Å². The van der Waals surface area contributed by atoms with Crippen LogP contribution in [0.5, 0.6) is 5.75 Å². The number of carbonyl (C=O) groups excluding carboxylic acids is 2. The summed E-state index contributed by atoms with van der Waals surface area (Å²) in [6, 6.07) is 6.98. The van der Waals surface area contributed by atoms with Crippen molar-refractivity contribution in [1.82, 2.24) is 15.6 Å². The van der Waals surface area contributed by atoms with Crippen LogP contribution in [0.25, 0.3) is 0 Å². The van der Waals surface area contributed by atoms with Crippen LogP contribution >= 0.6 is 11.3 Å². The molecule has 1 heterocycles. The summed E-state index contributed by atoms with van der Waals surface area (Å²) < 4.78 is 5.59. The molecule has 0 fully saturated rings. The van der Waals surface area contributed by atoms with E-state index in [9.17, 15) is 9.59 Å². The second-order valence-electron chi connectivity index (χ2n) is 7.55. The quantitative estimate of drug-likeness (QED) is 0.534. The number of carbonyl (C=O) groups is 2. The third-order valence-corrected chi connectivity index (χ3v) is 6.29. The lowest BCUT2D eigenvalue weighted by molar-refractivity contribution is -0.120. The first-order valence-electron chi connectivity index (χ1n) is 10.9. The Bertz CT molecular complexity index is 809. The molecule has 3 rings (SSSR count). The molecular weight excluding hydrogens is 398 g/mol. The van der Waals surface area contributed by atoms with Crippen molar-refractivity contribution in [2.24, 2.45) is 0 Å². The van der Waals surface area contributed by atoms with E-state index in [0.29, 0.717) is 18.7 Å². The van der Waals surface area contributed by atoms with Gasteiger partial charge in [0, 0.05) is 23.4 Å². The SMILES string of the molecule is CCCCOc1ccc(C(=O)NCC(=O)NCCCc2nc3c(s2)CCCC3)cc1. The van der Waals surface area contributed by atoms with Gasteiger partial charge in [-0.3, -0.25) is 9.59 Å². The van der Waals surface area contributed by atoms with Gasteiger partial charge in [0.2, 0.25) is 5.91 Å². The molecule has 162 valence electrons. The number of unbranched alkanes of at least 4 members (excludes halogenated alkanes) is 1. The van der Waals surface area contributed by atoms with Crippen LogP contribution in [0, 0.1) is 0 Å². The number of fused-ring (bicyclic) bond motifs is 1. The van der Waals surface area contributed by atoms with Crippen molar-refractivity contribution in [3.8, 4) is 5.75 Å². The third-order valence-electron chi connectivity index (χ3n) is 5.07. The molecule has 1 aromatic carbocycles. The van der Waals surface area contributed by atoms with Crippen LogP contribution in [0.1, 0.15) is 65.0 Å². The fourth-order valence-corrected chi connectivity index (χ4v) is 4.54. The molecule has 30 heavy (non-hydrogen) atoms. The molecule has 0 aliphatic heterocycles. The molecule has 7 heteroatoms. The molecule has 0 saturated carbocycles. The summed E-state index contributed by atoms with van der Waals surface area (Å²) in [5.41, 5.74) is 1.80. The molecule has 1 aromatic heterocycles. The monoisotopic (exact) mass is 429 g/mol. The van der Waals surface area contributed by atoms with E-state index >= 15 is 0 Å². The fourth-order valence-electron chi connectivity index (χ4n) is 3.34. The Morgan fingerprint density at radius 1 is 1.10 bits per heavy atom. The predicted molar refractivity (Wildman–Crippen MR) is 119 cm³/mol. The molecule has 0 atom stereocenters. The Labute approximate surface area is 182 Å². The highest BCUT2D eigenvalue weighted by molar-refractivity contribution is 7.11. The Morgan fingerprint density at radius 3 is 2.67 bits per heavy atom. The zero-order valence-corrected chi connectivity index (χ0v) is 18.5. The van der Waals surface area contributed by atoms with E-state index in [1.54, 1.807) is 24.3 Å². The first-order valence-corrected chi connectivity index (χ1v) is 11.7. The first-order chi connectivity index (χ1) is 14.7. The highest BCUT2D eigenvalue weighted by atomic mass is 32.1. The number of nitrogens with one attached hydrogen (secondary N) is 2. The average molecular weight is 430 g/mol. The summed E-state index contributed by atoms with van der Waals surface area (Å²) in [7, 11) is 0. The lowest BCUT2D eigenvalue weighted by Gasteiger charge is -2.08. The lowest BCUT2D eigenvalue weighted by atomic mass is 10.0.